The van der Waals surface area contributed by atoms with Crippen LogP contribution in [0.3, 0.4) is 0 Å². The predicted octanol–water partition coefficient (Wildman–Crippen LogP) is 2.02. The summed E-state index contributed by atoms with van der Waals surface area (Å²) < 4.78 is 32.6. The zero-order valence-electron chi connectivity index (χ0n) is 14.3. The lowest BCUT2D eigenvalue weighted by Crippen LogP contribution is -2.32. The first kappa shape index (κ1) is 18.9. The molecule has 134 valence electrons. The smallest absolute Gasteiger partial charge is 0.253 e. The fraction of sp³-hybridized carbons (Fsp3) is 0.588. The molecule has 0 unspecified atom stereocenters. The van der Waals surface area contributed by atoms with Crippen molar-refractivity contribution in [2.24, 2.45) is 0 Å². The van der Waals surface area contributed by atoms with Crippen LogP contribution in [0.25, 0.3) is 0 Å². The Morgan fingerprint density at radius 1 is 1.33 bits per heavy atom. The molecule has 0 spiro atoms. The molecule has 1 atom stereocenters. The number of sulfonamides is 1. The van der Waals surface area contributed by atoms with Crippen molar-refractivity contribution >= 4 is 15.9 Å². The first-order chi connectivity index (χ1) is 11.4. The highest BCUT2D eigenvalue weighted by molar-refractivity contribution is 7.89. The zero-order valence-corrected chi connectivity index (χ0v) is 15.1. The number of nitrogens with one attached hydrogen (secondary N) is 1. The molecule has 2 rings (SSSR count). The van der Waals surface area contributed by atoms with Crippen molar-refractivity contribution in [3.63, 3.8) is 0 Å². The molecular formula is C17H26N2O4S. The van der Waals surface area contributed by atoms with Gasteiger partial charge in [-0.15, -0.1) is 0 Å². The average Bonchev–Trinajstić information content (AvgIpc) is 3.11. The van der Waals surface area contributed by atoms with Gasteiger partial charge in [-0.25, -0.2) is 13.1 Å². The van der Waals surface area contributed by atoms with Gasteiger partial charge in [0.05, 0.1) is 11.0 Å². The Labute approximate surface area is 144 Å². The number of nitrogens with zero attached hydrogens (tertiary/aromatic N) is 1. The second-order valence-corrected chi connectivity index (χ2v) is 7.86. The van der Waals surface area contributed by atoms with Crippen LogP contribution in [0.5, 0.6) is 0 Å². The molecule has 0 radical (unpaired) electrons. The molecule has 1 aliphatic heterocycles. The van der Waals surface area contributed by atoms with E-state index in [4.69, 9.17) is 4.74 Å². The molecule has 6 nitrogen and oxygen atoms in total. The third-order valence-corrected chi connectivity index (χ3v) is 5.57. The van der Waals surface area contributed by atoms with Crippen LogP contribution in [0.2, 0.25) is 0 Å². The Balaban J connectivity index is 1.98. The average molecular weight is 354 g/mol. The zero-order chi connectivity index (χ0) is 17.6. The Morgan fingerprint density at radius 3 is 2.62 bits per heavy atom. The fourth-order valence-corrected chi connectivity index (χ4v) is 3.65. The molecule has 1 N–H and O–H groups in total. The standard InChI is InChI=1S/C17H26N2O4S/c1-3-4-11-19(2)17(20)14-7-9-16(10-8-14)24(21,22)18-13-15-6-5-12-23-15/h7-10,15,18H,3-6,11-13H2,1-2H3/t15-/m0/s1. The van der Waals surface area contributed by atoms with E-state index in [1.165, 1.54) is 12.1 Å². The predicted molar refractivity (Wildman–Crippen MR) is 92.5 cm³/mol. The summed E-state index contributed by atoms with van der Waals surface area (Å²) in [6.45, 7) is 3.73. The van der Waals surface area contributed by atoms with Gasteiger partial charge in [0.25, 0.3) is 5.91 Å². The van der Waals surface area contributed by atoms with E-state index in [0.717, 1.165) is 25.7 Å². The molecule has 1 saturated heterocycles. The van der Waals surface area contributed by atoms with Crippen LogP contribution >= 0.6 is 0 Å². The summed E-state index contributed by atoms with van der Waals surface area (Å²) in [7, 11) is -1.82. The largest absolute Gasteiger partial charge is 0.377 e. The van der Waals surface area contributed by atoms with Gasteiger partial charge in [0.2, 0.25) is 10.0 Å². The molecule has 0 saturated carbocycles. The highest BCUT2D eigenvalue weighted by atomic mass is 32.2. The van der Waals surface area contributed by atoms with Gasteiger partial charge in [0.1, 0.15) is 0 Å². The van der Waals surface area contributed by atoms with Gasteiger partial charge in [-0.2, -0.15) is 0 Å². The summed E-state index contributed by atoms with van der Waals surface area (Å²) in [6.07, 6.45) is 3.76. The van der Waals surface area contributed by atoms with Crippen LogP contribution in [0.4, 0.5) is 0 Å². The van der Waals surface area contributed by atoms with Crippen molar-refractivity contribution in [3.05, 3.63) is 29.8 Å². The third kappa shape index (κ3) is 5.03. The molecule has 7 heteroatoms. The lowest BCUT2D eigenvalue weighted by Gasteiger charge is -2.17. The monoisotopic (exact) mass is 354 g/mol. The van der Waals surface area contributed by atoms with Crippen molar-refractivity contribution in [2.75, 3.05) is 26.7 Å². The van der Waals surface area contributed by atoms with E-state index in [9.17, 15) is 13.2 Å². The summed E-state index contributed by atoms with van der Waals surface area (Å²) in [4.78, 5) is 14.1. The number of hydrogen-bond acceptors (Lipinski definition) is 4. The molecule has 1 heterocycles. The maximum atomic E-state index is 12.3. The quantitative estimate of drug-likeness (QED) is 0.775. The molecule has 1 aliphatic rings. The minimum absolute atomic E-state index is 0.0483. The molecular weight excluding hydrogens is 328 g/mol. The van der Waals surface area contributed by atoms with Crippen molar-refractivity contribution in [3.8, 4) is 0 Å². The molecule has 1 amide bonds. The molecule has 1 aromatic rings. The third-order valence-electron chi connectivity index (χ3n) is 4.13. The number of carbonyl (C=O) groups excluding carboxylic acids is 1. The topological polar surface area (TPSA) is 75.7 Å². The van der Waals surface area contributed by atoms with Crippen LogP contribution in [-0.4, -0.2) is 52.1 Å². The number of unbranched alkanes of at least 4 members (excludes halogenated alkanes) is 1. The summed E-state index contributed by atoms with van der Waals surface area (Å²) in [6, 6.07) is 6.06. The maximum Gasteiger partial charge on any atom is 0.253 e. The first-order valence-corrected chi connectivity index (χ1v) is 9.89. The van der Waals surface area contributed by atoms with Crippen molar-refractivity contribution in [2.45, 2.75) is 43.6 Å². The van der Waals surface area contributed by atoms with Gasteiger partial charge >= 0.3 is 0 Å². The minimum atomic E-state index is -3.58. The second-order valence-electron chi connectivity index (χ2n) is 6.09. The van der Waals surface area contributed by atoms with E-state index in [1.54, 1.807) is 24.1 Å². The molecule has 24 heavy (non-hydrogen) atoms. The van der Waals surface area contributed by atoms with E-state index in [2.05, 4.69) is 11.6 Å². The number of amides is 1. The van der Waals surface area contributed by atoms with Gasteiger partial charge in [0.15, 0.2) is 0 Å². The first-order valence-electron chi connectivity index (χ1n) is 8.41. The number of benzene rings is 1. The Hall–Kier alpha value is -1.44. The minimum Gasteiger partial charge on any atom is -0.377 e. The molecule has 1 fully saturated rings. The maximum absolute atomic E-state index is 12.3. The van der Waals surface area contributed by atoms with Crippen LogP contribution in [0.1, 0.15) is 43.0 Å². The highest BCUT2D eigenvalue weighted by Crippen LogP contribution is 2.14. The Kier molecular flexibility index (Phi) is 6.77. The van der Waals surface area contributed by atoms with E-state index in [-0.39, 0.29) is 23.5 Å². The van der Waals surface area contributed by atoms with E-state index in [1.807, 2.05) is 0 Å². The van der Waals surface area contributed by atoms with Gasteiger partial charge < -0.3 is 9.64 Å². The van der Waals surface area contributed by atoms with Crippen LogP contribution < -0.4 is 4.72 Å². The Morgan fingerprint density at radius 2 is 2.04 bits per heavy atom. The normalized spacial score (nSPS) is 17.8. The van der Waals surface area contributed by atoms with Crippen molar-refractivity contribution in [1.29, 1.82) is 0 Å². The van der Waals surface area contributed by atoms with Crippen LogP contribution in [-0.2, 0) is 14.8 Å². The number of rotatable bonds is 8. The van der Waals surface area contributed by atoms with Gasteiger partial charge in [-0.3, -0.25) is 4.79 Å². The van der Waals surface area contributed by atoms with Gasteiger partial charge in [0, 0.05) is 32.3 Å². The lowest BCUT2D eigenvalue weighted by atomic mass is 10.2. The Bertz CT molecular complexity index is 637. The van der Waals surface area contributed by atoms with E-state index in [0.29, 0.717) is 18.7 Å². The molecule has 1 aromatic carbocycles. The lowest BCUT2D eigenvalue weighted by molar-refractivity contribution is 0.0793. The second kappa shape index (κ2) is 8.60. The van der Waals surface area contributed by atoms with Crippen molar-refractivity contribution in [1.82, 2.24) is 9.62 Å². The van der Waals surface area contributed by atoms with Crippen LogP contribution in [0, 0.1) is 0 Å². The van der Waals surface area contributed by atoms with Gasteiger partial charge in [-0.05, 0) is 43.5 Å². The molecule has 0 aromatic heterocycles. The van der Waals surface area contributed by atoms with E-state index < -0.39 is 10.0 Å². The van der Waals surface area contributed by atoms with E-state index >= 15 is 0 Å². The summed E-state index contributed by atoms with van der Waals surface area (Å²) >= 11 is 0. The number of hydrogen-bond donors (Lipinski definition) is 1. The SMILES string of the molecule is CCCCN(C)C(=O)c1ccc(S(=O)(=O)NC[C@@H]2CCCO2)cc1. The van der Waals surface area contributed by atoms with Gasteiger partial charge in [-0.1, -0.05) is 13.3 Å². The summed E-state index contributed by atoms with van der Waals surface area (Å²) in [5, 5.41) is 0. The fourth-order valence-electron chi connectivity index (χ4n) is 2.59. The highest BCUT2D eigenvalue weighted by Gasteiger charge is 2.20. The van der Waals surface area contributed by atoms with Crippen LogP contribution in [0.15, 0.2) is 29.2 Å². The number of carbonyl (C=O) groups is 1. The number of ether oxygens (including phenoxy) is 1. The summed E-state index contributed by atoms with van der Waals surface area (Å²) in [5.41, 5.74) is 0.492. The summed E-state index contributed by atoms with van der Waals surface area (Å²) in [5.74, 6) is -0.0975. The molecule has 0 bridgehead atoms. The molecule has 0 aliphatic carbocycles. The van der Waals surface area contributed by atoms with Crippen molar-refractivity contribution < 1.29 is 17.9 Å².